The van der Waals surface area contributed by atoms with Crippen molar-refractivity contribution in [3.8, 4) is 0 Å². The van der Waals surface area contributed by atoms with Gasteiger partial charge in [0.15, 0.2) is 0 Å². The summed E-state index contributed by atoms with van der Waals surface area (Å²) in [5.41, 5.74) is 2.51. The Labute approximate surface area is 113 Å². The molecule has 98 valence electrons. The number of rotatable bonds is 3. The van der Waals surface area contributed by atoms with Gasteiger partial charge in [0.1, 0.15) is 5.82 Å². The normalized spacial score (nSPS) is 27.2. The number of benzene rings is 1. The summed E-state index contributed by atoms with van der Waals surface area (Å²) in [6.07, 6.45) is 6.25. The molecule has 1 saturated heterocycles. The number of aryl methyl sites for hydroxylation is 1. The molecule has 1 nitrogen and oxygen atoms in total. The van der Waals surface area contributed by atoms with Crippen LogP contribution in [0.1, 0.15) is 42.9 Å². The highest BCUT2D eigenvalue weighted by Gasteiger charge is 2.23. The molecule has 1 aromatic rings. The molecule has 2 atom stereocenters. The monoisotopic (exact) mass is 265 g/mol. The van der Waals surface area contributed by atoms with Crippen molar-refractivity contribution in [2.24, 2.45) is 0 Å². The molecular formula is C15H20FNS. The topological polar surface area (TPSA) is 12.0 Å². The molecule has 2 unspecified atom stereocenters. The van der Waals surface area contributed by atoms with Gasteiger partial charge in [-0.15, -0.1) is 0 Å². The Hall–Kier alpha value is -0.540. The van der Waals surface area contributed by atoms with Crippen LogP contribution in [0, 0.1) is 5.82 Å². The summed E-state index contributed by atoms with van der Waals surface area (Å²) in [6, 6.07) is 5.70. The van der Waals surface area contributed by atoms with Crippen LogP contribution in [0.2, 0.25) is 0 Å². The molecule has 0 aromatic heterocycles. The van der Waals surface area contributed by atoms with E-state index < -0.39 is 0 Å². The van der Waals surface area contributed by atoms with Crippen molar-refractivity contribution in [2.75, 3.05) is 12.3 Å². The molecule has 1 aliphatic heterocycles. The first kappa shape index (κ1) is 12.5. The largest absolute Gasteiger partial charge is 0.309 e. The third-order valence-corrected chi connectivity index (χ3v) is 5.45. The lowest BCUT2D eigenvalue weighted by molar-refractivity contribution is 0.508. The minimum Gasteiger partial charge on any atom is -0.309 e. The van der Waals surface area contributed by atoms with Crippen LogP contribution in [0.5, 0.6) is 0 Å². The third-order valence-electron chi connectivity index (χ3n) is 4.05. The Morgan fingerprint density at radius 3 is 3.06 bits per heavy atom. The van der Waals surface area contributed by atoms with E-state index in [2.05, 4.69) is 17.1 Å². The lowest BCUT2D eigenvalue weighted by Gasteiger charge is -2.24. The van der Waals surface area contributed by atoms with Crippen LogP contribution < -0.4 is 5.32 Å². The first-order valence-corrected chi connectivity index (χ1v) is 8.01. The van der Waals surface area contributed by atoms with Crippen molar-refractivity contribution in [3.63, 3.8) is 0 Å². The fraction of sp³-hybridized carbons (Fsp3) is 0.600. The van der Waals surface area contributed by atoms with E-state index >= 15 is 0 Å². The highest BCUT2D eigenvalue weighted by molar-refractivity contribution is 7.99. The van der Waals surface area contributed by atoms with Gasteiger partial charge < -0.3 is 5.32 Å². The fourth-order valence-electron chi connectivity index (χ4n) is 3.04. The van der Waals surface area contributed by atoms with Gasteiger partial charge in [0.05, 0.1) is 0 Å². The molecule has 0 radical (unpaired) electrons. The molecule has 1 N–H and O–H groups in total. The summed E-state index contributed by atoms with van der Waals surface area (Å²) >= 11 is 2.11. The van der Waals surface area contributed by atoms with Crippen molar-refractivity contribution in [1.29, 1.82) is 0 Å². The molecule has 1 heterocycles. The lowest BCUT2D eigenvalue weighted by atomic mass is 10.1. The van der Waals surface area contributed by atoms with Gasteiger partial charge in [-0.05, 0) is 54.7 Å². The number of thioether (sulfide) groups is 1. The van der Waals surface area contributed by atoms with Gasteiger partial charge in [0.25, 0.3) is 0 Å². The quantitative estimate of drug-likeness (QED) is 0.894. The molecule has 0 amide bonds. The summed E-state index contributed by atoms with van der Waals surface area (Å²) in [5, 5.41) is 4.46. The average molecular weight is 265 g/mol. The van der Waals surface area contributed by atoms with Crippen molar-refractivity contribution in [2.45, 2.75) is 43.4 Å². The van der Waals surface area contributed by atoms with Gasteiger partial charge in [-0.2, -0.15) is 11.8 Å². The van der Waals surface area contributed by atoms with Crippen molar-refractivity contribution in [1.82, 2.24) is 5.32 Å². The molecule has 3 heteroatoms. The number of hydrogen-bond donors (Lipinski definition) is 1. The van der Waals surface area contributed by atoms with Gasteiger partial charge in [0, 0.05) is 17.8 Å². The van der Waals surface area contributed by atoms with Gasteiger partial charge in [0.2, 0.25) is 0 Å². The molecule has 1 fully saturated rings. The molecule has 18 heavy (non-hydrogen) atoms. The molecule has 0 spiro atoms. The van der Waals surface area contributed by atoms with Crippen molar-refractivity contribution in [3.05, 3.63) is 35.1 Å². The first-order valence-electron chi connectivity index (χ1n) is 6.96. The minimum atomic E-state index is -0.0998. The highest BCUT2D eigenvalue weighted by Crippen LogP contribution is 2.32. The lowest BCUT2D eigenvalue weighted by Crippen LogP contribution is -2.29. The zero-order valence-corrected chi connectivity index (χ0v) is 11.4. The maximum Gasteiger partial charge on any atom is 0.123 e. The van der Waals surface area contributed by atoms with Crippen molar-refractivity contribution >= 4 is 11.8 Å². The Kier molecular flexibility index (Phi) is 3.90. The molecule has 1 aliphatic carbocycles. The Bertz CT molecular complexity index is 415. The smallest absolute Gasteiger partial charge is 0.123 e. The first-order chi connectivity index (χ1) is 8.83. The van der Waals surface area contributed by atoms with E-state index in [1.165, 1.54) is 36.1 Å². The predicted molar refractivity (Wildman–Crippen MR) is 75.6 cm³/mol. The van der Waals surface area contributed by atoms with Crippen LogP contribution in [0.3, 0.4) is 0 Å². The summed E-state index contributed by atoms with van der Waals surface area (Å²) < 4.78 is 13.1. The molecule has 0 saturated carbocycles. The second-order valence-corrected chi connectivity index (χ2v) is 6.74. The molecule has 1 aromatic carbocycles. The summed E-state index contributed by atoms with van der Waals surface area (Å²) in [5.74, 6) is 1.22. The van der Waals surface area contributed by atoms with Crippen LogP contribution >= 0.6 is 11.8 Å². The number of halogens is 1. The summed E-state index contributed by atoms with van der Waals surface area (Å²) in [6.45, 7) is 1.10. The van der Waals surface area contributed by atoms with Gasteiger partial charge in [-0.3, -0.25) is 0 Å². The van der Waals surface area contributed by atoms with Crippen LogP contribution in [0.15, 0.2) is 18.2 Å². The van der Waals surface area contributed by atoms with E-state index in [1.54, 1.807) is 12.1 Å². The SMILES string of the molecule is Fc1ccc2c(c1)CCC2NCC1CCCCS1. The maximum absolute atomic E-state index is 13.1. The van der Waals surface area contributed by atoms with Crippen LogP contribution in [-0.4, -0.2) is 17.5 Å². The van der Waals surface area contributed by atoms with Crippen LogP contribution in [0.25, 0.3) is 0 Å². The predicted octanol–water partition coefficient (Wildman–Crippen LogP) is 3.69. The Balaban J connectivity index is 1.59. The molecule has 0 bridgehead atoms. The zero-order valence-electron chi connectivity index (χ0n) is 10.6. The van der Waals surface area contributed by atoms with Gasteiger partial charge in [-0.25, -0.2) is 4.39 Å². The Morgan fingerprint density at radius 1 is 1.28 bits per heavy atom. The summed E-state index contributed by atoms with van der Waals surface area (Å²) in [7, 11) is 0. The molecular weight excluding hydrogens is 245 g/mol. The van der Waals surface area contributed by atoms with Gasteiger partial charge >= 0.3 is 0 Å². The van der Waals surface area contributed by atoms with Crippen LogP contribution in [0.4, 0.5) is 4.39 Å². The van der Waals surface area contributed by atoms with E-state index in [1.807, 2.05) is 6.07 Å². The second kappa shape index (κ2) is 5.62. The number of fused-ring (bicyclic) bond motifs is 1. The van der Waals surface area contributed by atoms with Crippen LogP contribution in [-0.2, 0) is 6.42 Å². The minimum absolute atomic E-state index is 0.0998. The van der Waals surface area contributed by atoms with Crippen molar-refractivity contribution < 1.29 is 4.39 Å². The number of nitrogens with one attached hydrogen (secondary N) is 1. The third kappa shape index (κ3) is 2.72. The highest BCUT2D eigenvalue weighted by atomic mass is 32.2. The van der Waals surface area contributed by atoms with E-state index in [0.29, 0.717) is 6.04 Å². The zero-order chi connectivity index (χ0) is 12.4. The second-order valence-electron chi connectivity index (χ2n) is 5.33. The summed E-state index contributed by atoms with van der Waals surface area (Å²) in [4.78, 5) is 0. The van der Waals surface area contributed by atoms with E-state index in [0.717, 1.165) is 24.6 Å². The fourth-order valence-corrected chi connectivity index (χ4v) is 4.29. The van der Waals surface area contributed by atoms with E-state index in [-0.39, 0.29) is 5.82 Å². The Morgan fingerprint density at radius 2 is 2.22 bits per heavy atom. The van der Waals surface area contributed by atoms with E-state index in [4.69, 9.17) is 0 Å². The molecule has 3 rings (SSSR count). The average Bonchev–Trinajstić information content (AvgIpc) is 2.80. The van der Waals surface area contributed by atoms with Gasteiger partial charge in [-0.1, -0.05) is 12.5 Å². The molecule has 2 aliphatic rings. The maximum atomic E-state index is 13.1. The number of hydrogen-bond acceptors (Lipinski definition) is 2. The standard InChI is InChI=1S/C15H20FNS/c16-12-5-6-14-11(9-12)4-7-15(14)17-10-13-3-1-2-8-18-13/h5-6,9,13,15,17H,1-4,7-8,10H2. The van der Waals surface area contributed by atoms with E-state index in [9.17, 15) is 4.39 Å².